The topological polar surface area (TPSA) is 9.23 Å². The summed E-state index contributed by atoms with van der Waals surface area (Å²) in [4.78, 5) is 0. The van der Waals surface area contributed by atoms with Crippen molar-refractivity contribution in [1.82, 2.24) is 0 Å². The molecule has 0 fully saturated rings. The molecule has 1 rings (SSSR count). The molecule has 0 unspecified atom stereocenters. The predicted octanol–water partition coefficient (Wildman–Crippen LogP) is 1.98. The van der Waals surface area contributed by atoms with E-state index in [0.717, 1.165) is 9.99 Å². The average Bonchev–Trinajstić information content (AvgIpc) is 2.03. The molecule has 0 heterocycles. The summed E-state index contributed by atoms with van der Waals surface area (Å²) in [5.74, 6) is 0.410. The van der Waals surface area contributed by atoms with Crippen LogP contribution in [0.15, 0.2) is 18.2 Å². The zero-order valence-corrected chi connectivity index (χ0v) is 11.7. The fraction of sp³-hybridized carbons (Fsp3) is 0.333. The zero-order chi connectivity index (χ0) is 9.68. The van der Waals surface area contributed by atoms with E-state index in [4.69, 9.17) is 4.74 Å². The molecule has 0 atom stereocenters. The Balaban J connectivity index is 2.56. The highest BCUT2D eigenvalue weighted by atomic mass is 127. The summed E-state index contributed by atoms with van der Waals surface area (Å²) in [6.45, 7) is 0.697. The van der Waals surface area contributed by atoms with E-state index >= 15 is 0 Å². The molecule has 0 N–H and O–H groups in total. The molecule has 0 saturated heterocycles. The van der Waals surface area contributed by atoms with Crippen LogP contribution in [0.3, 0.4) is 0 Å². The van der Waals surface area contributed by atoms with E-state index < -0.39 is 0 Å². The summed E-state index contributed by atoms with van der Waals surface area (Å²) < 4.78 is 19.1. The van der Waals surface area contributed by atoms with Crippen molar-refractivity contribution in [3.63, 3.8) is 0 Å². The quantitative estimate of drug-likeness (QED) is 0.469. The molecular formula is C9H12FIOSi. The van der Waals surface area contributed by atoms with Crippen LogP contribution in [0.2, 0.25) is 6.04 Å². The lowest BCUT2D eigenvalue weighted by molar-refractivity contribution is 0.315. The molecule has 1 aromatic rings. The van der Waals surface area contributed by atoms with E-state index in [1.54, 1.807) is 0 Å². The second kappa shape index (κ2) is 5.59. The Morgan fingerprint density at radius 1 is 1.38 bits per heavy atom. The maximum Gasteiger partial charge on any atom is 0.127 e. The molecule has 4 heteroatoms. The zero-order valence-electron chi connectivity index (χ0n) is 7.52. The number of halogens is 2. The lowest BCUT2D eigenvalue weighted by Crippen LogP contribution is -1.97. The highest BCUT2D eigenvalue weighted by Gasteiger charge is 1.98. The van der Waals surface area contributed by atoms with E-state index in [-0.39, 0.29) is 5.82 Å². The van der Waals surface area contributed by atoms with Crippen LogP contribution >= 0.6 is 22.6 Å². The van der Waals surface area contributed by atoms with Crippen LogP contribution in [0.25, 0.3) is 0 Å². The van der Waals surface area contributed by atoms with Crippen molar-refractivity contribution in [2.45, 2.75) is 12.5 Å². The Morgan fingerprint density at radius 3 is 2.77 bits per heavy atom. The molecule has 0 spiro atoms. The van der Waals surface area contributed by atoms with Gasteiger partial charge >= 0.3 is 0 Å². The van der Waals surface area contributed by atoms with Gasteiger partial charge in [0.2, 0.25) is 0 Å². The van der Waals surface area contributed by atoms with E-state index in [9.17, 15) is 4.39 Å². The average molecular weight is 310 g/mol. The molecule has 0 saturated carbocycles. The van der Waals surface area contributed by atoms with Crippen molar-refractivity contribution in [3.05, 3.63) is 27.6 Å². The van der Waals surface area contributed by atoms with Crippen molar-refractivity contribution in [3.8, 4) is 5.75 Å². The fourth-order valence-electron chi connectivity index (χ4n) is 0.946. The van der Waals surface area contributed by atoms with Gasteiger partial charge in [-0.25, -0.2) is 4.39 Å². The monoisotopic (exact) mass is 310 g/mol. The van der Waals surface area contributed by atoms with Gasteiger partial charge in [0, 0.05) is 19.9 Å². The third kappa shape index (κ3) is 4.08. The third-order valence-electron chi connectivity index (χ3n) is 1.60. The standard InChI is InChI=1S/C9H12FIOSi/c10-7-4-8(11)6-9(5-7)12-2-1-3-13/h4-6H,1-3H2,13H3. The highest BCUT2D eigenvalue weighted by molar-refractivity contribution is 14.1. The van der Waals surface area contributed by atoms with Gasteiger partial charge in [-0.15, -0.1) is 0 Å². The van der Waals surface area contributed by atoms with Gasteiger partial charge in [0.15, 0.2) is 0 Å². The molecule has 0 aliphatic carbocycles. The van der Waals surface area contributed by atoms with E-state index in [1.807, 2.05) is 6.07 Å². The number of hydrogen-bond donors (Lipinski definition) is 0. The minimum absolute atomic E-state index is 0.229. The molecule has 72 valence electrons. The Bertz CT molecular complexity index is 260. The second-order valence-electron chi connectivity index (χ2n) is 2.81. The fourth-order valence-corrected chi connectivity index (χ4v) is 1.84. The van der Waals surface area contributed by atoms with Gasteiger partial charge in [0.1, 0.15) is 11.6 Å². The maximum atomic E-state index is 12.9. The molecule has 0 radical (unpaired) electrons. The maximum absolute atomic E-state index is 12.9. The van der Waals surface area contributed by atoms with Crippen LogP contribution in [0.1, 0.15) is 6.42 Å². The molecule has 1 aromatic carbocycles. The van der Waals surface area contributed by atoms with Crippen molar-refractivity contribution in [2.75, 3.05) is 6.61 Å². The van der Waals surface area contributed by atoms with E-state index in [0.29, 0.717) is 12.4 Å². The first-order valence-corrected chi connectivity index (χ1v) is 6.80. The van der Waals surface area contributed by atoms with Crippen LogP contribution in [0, 0.1) is 9.39 Å². The van der Waals surface area contributed by atoms with Crippen molar-refractivity contribution >= 4 is 32.8 Å². The third-order valence-corrected chi connectivity index (χ3v) is 2.93. The smallest absolute Gasteiger partial charge is 0.127 e. The lowest BCUT2D eigenvalue weighted by Gasteiger charge is -2.05. The summed E-state index contributed by atoms with van der Waals surface area (Å²) in [5, 5.41) is 0. The lowest BCUT2D eigenvalue weighted by atomic mass is 10.3. The van der Waals surface area contributed by atoms with Crippen LogP contribution in [-0.4, -0.2) is 16.8 Å². The molecule has 1 nitrogen and oxygen atoms in total. The van der Waals surface area contributed by atoms with Gasteiger partial charge in [0.05, 0.1) is 6.61 Å². The first-order valence-electron chi connectivity index (χ1n) is 4.31. The van der Waals surface area contributed by atoms with Gasteiger partial charge in [-0.1, -0.05) is 6.04 Å². The molecule has 0 bridgehead atoms. The number of benzene rings is 1. The van der Waals surface area contributed by atoms with Gasteiger partial charge in [-0.2, -0.15) is 0 Å². The first kappa shape index (κ1) is 11.0. The Kier molecular flexibility index (Phi) is 4.72. The summed E-state index contributed by atoms with van der Waals surface area (Å²) in [6, 6.07) is 5.98. The molecule has 0 amide bonds. The summed E-state index contributed by atoms with van der Waals surface area (Å²) >= 11 is 2.08. The highest BCUT2D eigenvalue weighted by Crippen LogP contribution is 2.17. The molecule has 0 aliphatic rings. The van der Waals surface area contributed by atoms with Crippen molar-refractivity contribution in [1.29, 1.82) is 0 Å². The number of rotatable bonds is 4. The second-order valence-corrected chi connectivity index (χ2v) is 5.05. The largest absolute Gasteiger partial charge is 0.493 e. The normalized spacial score (nSPS) is 10.3. The number of hydrogen-bond acceptors (Lipinski definition) is 1. The summed E-state index contributed by atoms with van der Waals surface area (Å²) in [7, 11) is 1.21. The molecular weight excluding hydrogens is 298 g/mol. The van der Waals surface area contributed by atoms with Crippen LogP contribution in [0.4, 0.5) is 4.39 Å². The Hall–Kier alpha value is -0.103. The first-order chi connectivity index (χ1) is 6.22. The van der Waals surface area contributed by atoms with Crippen molar-refractivity contribution < 1.29 is 9.13 Å². The van der Waals surface area contributed by atoms with Crippen LogP contribution in [-0.2, 0) is 0 Å². The van der Waals surface area contributed by atoms with Crippen molar-refractivity contribution in [2.24, 2.45) is 0 Å². The van der Waals surface area contributed by atoms with E-state index in [1.165, 1.54) is 28.4 Å². The Morgan fingerprint density at radius 2 is 2.15 bits per heavy atom. The molecule has 0 aromatic heterocycles. The predicted molar refractivity (Wildman–Crippen MR) is 64.0 cm³/mol. The van der Waals surface area contributed by atoms with Gasteiger partial charge in [0.25, 0.3) is 0 Å². The van der Waals surface area contributed by atoms with Crippen LogP contribution < -0.4 is 4.74 Å². The van der Waals surface area contributed by atoms with Gasteiger partial charge in [-0.05, 0) is 41.1 Å². The van der Waals surface area contributed by atoms with Crippen LogP contribution in [0.5, 0.6) is 5.75 Å². The van der Waals surface area contributed by atoms with Gasteiger partial charge in [-0.3, -0.25) is 0 Å². The SMILES string of the molecule is Fc1cc(I)cc(OCCC[SiH3])c1. The molecule has 13 heavy (non-hydrogen) atoms. The minimum Gasteiger partial charge on any atom is -0.493 e. The Labute approximate surface area is 94.2 Å². The van der Waals surface area contributed by atoms with E-state index in [2.05, 4.69) is 22.6 Å². The summed E-state index contributed by atoms with van der Waals surface area (Å²) in [6.07, 6.45) is 1.07. The molecule has 0 aliphatic heterocycles. The number of ether oxygens (including phenoxy) is 1. The van der Waals surface area contributed by atoms with Gasteiger partial charge < -0.3 is 4.74 Å². The minimum atomic E-state index is -0.229. The summed E-state index contributed by atoms with van der Waals surface area (Å²) in [5.41, 5.74) is 0.